The zero-order chi connectivity index (χ0) is 11.4. The summed E-state index contributed by atoms with van der Waals surface area (Å²) in [5, 5.41) is 8.78. The Morgan fingerprint density at radius 1 is 1.47 bits per heavy atom. The van der Waals surface area contributed by atoms with Crippen LogP contribution in [0.4, 0.5) is 0 Å². The summed E-state index contributed by atoms with van der Waals surface area (Å²) in [5.41, 5.74) is 0.551. The van der Waals surface area contributed by atoms with Crippen LogP contribution in [-0.2, 0) is 4.74 Å². The summed E-state index contributed by atoms with van der Waals surface area (Å²) in [7, 11) is 0. The number of carboxylic acids is 1. The Bertz CT molecular complexity index is 400. The van der Waals surface area contributed by atoms with Gasteiger partial charge in [0.2, 0.25) is 0 Å². The molecule has 0 heterocycles. The van der Waals surface area contributed by atoms with Crippen molar-refractivity contribution in [3.63, 3.8) is 0 Å². The zero-order valence-electron chi connectivity index (χ0n) is 7.99. The highest BCUT2D eigenvalue weighted by atomic mass is 127. The largest absolute Gasteiger partial charge is 0.478 e. The average Bonchev–Trinajstić information content (AvgIpc) is 2.17. The van der Waals surface area contributed by atoms with Crippen molar-refractivity contribution in [2.45, 2.75) is 6.92 Å². The van der Waals surface area contributed by atoms with Crippen molar-refractivity contribution in [1.29, 1.82) is 0 Å². The van der Waals surface area contributed by atoms with E-state index in [1.807, 2.05) is 22.6 Å². The van der Waals surface area contributed by atoms with Crippen LogP contribution in [0.3, 0.4) is 0 Å². The lowest BCUT2D eigenvalue weighted by Crippen LogP contribution is -2.07. The normalized spacial score (nSPS) is 9.73. The number of aromatic carboxylic acids is 1. The van der Waals surface area contributed by atoms with Crippen molar-refractivity contribution >= 4 is 34.5 Å². The summed E-state index contributed by atoms with van der Waals surface area (Å²) in [6.45, 7) is 2.02. The number of carbonyl (C=O) groups excluding carboxylic acids is 1. The van der Waals surface area contributed by atoms with Crippen LogP contribution in [0.1, 0.15) is 27.6 Å². The Hall–Kier alpha value is -1.11. The highest BCUT2D eigenvalue weighted by Gasteiger charge is 2.12. The molecule has 0 bridgehead atoms. The SMILES string of the molecule is CCOC(=O)c1ccc(C(=O)O)c(I)c1. The van der Waals surface area contributed by atoms with Gasteiger partial charge in [-0.25, -0.2) is 9.59 Å². The van der Waals surface area contributed by atoms with Crippen molar-refractivity contribution < 1.29 is 19.4 Å². The monoisotopic (exact) mass is 320 g/mol. The van der Waals surface area contributed by atoms with E-state index in [0.29, 0.717) is 15.7 Å². The van der Waals surface area contributed by atoms with E-state index in [-0.39, 0.29) is 5.56 Å². The van der Waals surface area contributed by atoms with Crippen LogP contribution in [0.15, 0.2) is 18.2 Å². The van der Waals surface area contributed by atoms with Gasteiger partial charge in [0.1, 0.15) is 0 Å². The summed E-state index contributed by atoms with van der Waals surface area (Å²) in [4.78, 5) is 22.0. The number of carboxylic acid groups (broad SMARTS) is 1. The van der Waals surface area contributed by atoms with Gasteiger partial charge in [0.15, 0.2) is 0 Å². The molecule has 1 aromatic rings. The standard InChI is InChI=1S/C10H9IO4/c1-2-15-10(14)6-3-4-7(9(12)13)8(11)5-6/h3-5H,2H2,1H3,(H,12,13). The second kappa shape index (κ2) is 5.11. The Kier molecular flexibility index (Phi) is 4.07. The van der Waals surface area contributed by atoms with Crippen LogP contribution in [0.25, 0.3) is 0 Å². The van der Waals surface area contributed by atoms with Crippen molar-refractivity contribution in [2.24, 2.45) is 0 Å². The van der Waals surface area contributed by atoms with Gasteiger partial charge in [0.05, 0.1) is 17.7 Å². The Morgan fingerprint density at radius 3 is 2.60 bits per heavy atom. The molecule has 1 rings (SSSR count). The van der Waals surface area contributed by atoms with Gasteiger partial charge < -0.3 is 9.84 Å². The van der Waals surface area contributed by atoms with Gasteiger partial charge in [-0.2, -0.15) is 0 Å². The molecule has 0 atom stereocenters. The van der Waals surface area contributed by atoms with Crippen LogP contribution < -0.4 is 0 Å². The van der Waals surface area contributed by atoms with Gasteiger partial charge in [-0.15, -0.1) is 0 Å². The predicted molar refractivity (Wildman–Crippen MR) is 62.1 cm³/mol. The minimum atomic E-state index is -1.00. The molecule has 4 nitrogen and oxygen atoms in total. The number of halogens is 1. The van der Waals surface area contributed by atoms with Gasteiger partial charge >= 0.3 is 11.9 Å². The molecule has 15 heavy (non-hydrogen) atoms. The maximum absolute atomic E-state index is 11.3. The Morgan fingerprint density at radius 2 is 2.13 bits per heavy atom. The van der Waals surface area contributed by atoms with Gasteiger partial charge in [-0.3, -0.25) is 0 Å². The lowest BCUT2D eigenvalue weighted by atomic mass is 10.1. The van der Waals surface area contributed by atoms with E-state index in [2.05, 4.69) is 0 Å². The highest BCUT2D eigenvalue weighted by molar-refractivity contribution is 14.1. The molecule has 0 unspecified atom stereocenters. The van der Waals surface area contributed by atoms with Crippen LogP contribution >= 0.6 is 22.6 Å². The lowest BCUT2D eigenvalue weighted by molar-refractivity contribution is 0.0525. The van der Waals surface area contributed by atoms with Crippen molar-refractivity contribution in [1.82, 2.24) is 0 Å². The summed E-state index contributed by atoms with van der Waals surface area (Å²) in [6, 6.07) is 4.35. The highest BCUT2D eigenvalue weighted by Crippen LogP contribution is 2.15. The van der Waals surface area contributed by atoms with E-state index < -0.39 is 11.9 Å². The molecule has 0 aliphatic rings. The summed E-state index contributed by atoms with van der Waals surface area (Å²) in [5.74, 6) is -1.44. The van der Waals surface area contributed by atoms with Gasteiger partial charge in [0.25, 0.3) is 0 Å². The minimum Gasteiger partial charge on any atom is -0.478 e. The molecule has 0 aliphatic carbocycles. The maximum atomic E-state index is 11.3. The molecular formula is C10H9IO4. The third-order valence-electron chi connectivity index (χ3n) is 1.71. The average molecular weight is 320 g/mol. The first-order valence-corrected chi connectivity index (χ1v) is 5.34. The molecule has 1 aromatic carbocycles. The van der Waals surface area contributed by atoms with Crippen molar-refractivity contribution in [3.05, 3.63) is 32.9 Å². The van der Waals surface area contributed by atoms with Crippen molar-refractivity contribution in [3.8, 4) is 0 Å². The summed E-state index contributed by atoms with van der Waals surface area (Å²) >= 11 is 1.87. The Balaban J connectivity index is 3.01. The first-order chi connectivity index (χ1) is 7.06. The third kappa shape index (κ3) is 2.92. The topological polar surface area (TPSA) is 63.6 Å². The fourth-order valence-electron chi connectivity index (χ4n) is 1.03. The number of esters is 1. The van der Waals surface area contributed by atoms with E-state index in [0.717, 1.165) is 0 Å². The molecule has 0 aromatic heterocycles. The molecule has 1 N–H and O–H groups in total. The van der Waals surface area contributed by atoms with E-state index >= 15 is 0 Å². The molecule has 0 amide bonds. The number of benzene rings is 1. The molecule has 0 radical (unpaired) electrons. The number of carbonyl (C=O) groups is 2. The molecule has 0 aliphatic heterocycles. The fourth-order valence-corrected chi connectivity index (χ4v) is 1.78. The molecule has 0 saturated carbocycles. The first kappa shape index (κ1) is 12.0. The van der Waals surface area contributed by atoms with E-state index in [1.54, 1.807) is 6.92 Å². The first-order valence-electron chi connectivity index (χ1n) is 4.26. The van der Waals surface area contributed by atoms with E-state index in [4.69, 9.17) is 9.84 Å². The van der Waals surface area contributed by atoms with Crippen LogP contribution in [0, 0.1) is 3.57 Å². The van der Waals surface area contributed by atoms with E-state index in [1.165, 1.54) is 18.2 Å². The summed E-state index contributed by atoms with van der Waals surface area (Å²) in [6.07, 6.45) is 0. The van der Waals surface area contributed by atoms with Crippen LogP contribution in [0.2, 0.25) is 0 Å². The van der Waals surface area contributed by atoms with Crippen molar-refractivity contribution in [2.75, 3.05) is 6.61 Å². The van der Waals surface area contributed by atoms with Gasteiger partial charge in [0, 0.05) is 3.57 Å². The number of rotatable bonds is 3. The lowest BCUT2D eigenvalue weighted by Gasteiger charge is -2.03. The molecule has 5 heteroatoms. The fraction of sp³-hybridized carbons (Fsp3) is 0.200. The number of ether oxygens (including phenoxy) is 1. The minimum absolute atomic E-state index is 0.184. The van der Waals surface area contributed by atoms with Gasteiger partial charge in [-0.05, 0) is 47.7 Å². The van der Waals surface area contributed by atoms with Crippen LogP contribution in [-0.4, -0.2) is 23.7 Å². The molecule has 0 saturated heterocycles. The number of hydrogen-bond acceptors (Lipinski definition) is 3. The van der Waals surface area contributed by atoms with Crippen LogP contribution in [0.5, 0.6) is 0 Å². The van der Waals surface area contributed by atoms with Gasteiger partial charge in [-0.1, -0.05) is 0 Å². The quantitative estimate of drug-likeness (QED) is 0.685. The predicted octanol–water partition coefficient (Wildman–Crippen LogP) is 2.17. The molecular weight excluding hydrogens is 311 g/mol. The molecule has 0 spiro atoms. The van der Waals surface area contributed by atoms with E-state index in [9.17, 15) is 9.59 Å². The molecule has 0 fully saturated rings. The summed E-state index contributed by atoms with van der Waals surface area (Å²) < 4.78 is 5.31. The second-order valence-electron chi connectivity index (χ2n) is 2.72. The zero-order valence-corrected chi connectivity index (χ0v) is 10.1. The third-order valence-corrected chi connectivity index (χ3v) is 2.60. The second-order valence-corrected chi connectivity index (χ2v) is 3.88. The number of hydrogen-bond donors (Lipinski definition) is 1. The maximum Gasteiger partial charge on any atom is 0.338 e. The molecule has 80 valence electrons. The smallest absolute Gasteiger partial charge is 0.338 e. The Labute approximate surface area is 100 Å².